The molecule has 136 valence electrons. The van der Waals surface area contributed by atoms with E-state index in [2.05, 4.69) is 20.8 Å². The Labute approximate surface area is 156 Å². The summed E-state index contributed by atoms with van der Waals surface area (Å²) in [5, 5.41) is 12.6. The summed E-state index contributed by atoms with van der Waals surface area (Å²) in [4.78, 5) is -0.204. The van der Waals surface area contributed by atoms with Gasteiger partial charge in [-0.05, 0) is 36.4 Å². The molecule has 0 atom stereocenters. The maximum Gasteiger partial charge on any atom is 0.294 e. The van der Waals surface area contributed by atoms with Crippen molar-refractivity contribution in [2.45, 2.75) is 4.90 Å². The van der Waals surface area contributed by atoms with Crippen LogP contribution >= 0.6 is 0 Å². The first-order valence-corrected chi connectivity index (χ1v) is 9.40. The molecule has 0 fully saturated rings. The molecule has 0 aliphatic carbocycles. The molecule has 0 aliphatic rings. The fourth-order valence-corrected chi connectivity index (χ4v) is 2.63. The van der Waals surface area contributed by atoms with Crippen molar-refractivity contribution in [2.75, 3.05) is 5.43 Å². The summed E-state index contributed by atoms with van der Waals surface area (Å²) in [6, 6.07) is 24.1. The Balaban J connectivity index is 1.86. The minimum absolute atomic E-state index is 0.204. The number of benzene rings is 3. The van der Waals surface area contributed by atoms with Gasteiger partial charge < -0.3 is 0 Å². The summed E-state index contributed by atoms with van der Waals surface area (Å²) in [7, 11) is -4.24. The summed E-state index contributed by atoms with van der Waals surface area (Å²) in [6.45, 7) is 0. The van der Waals surface area contributed by atoms with Crippen molar-refractivity contribution in [1.29, 1.82) is 0 Å². The van der Waals surface area contributed by atoms with Crippen LogP contribution in [0.3, 0.4) is 0 Å². The summed E-state index contributed by atoms with van der Waals surface area (Å²) in [6.07, 6.45) is 0. The fourth-order valence-electron chi connectivity index (χ4n) is 2.15. The molecule has 3 aromatic carbocycles. The Morgan fingerprint density at radius 1 is 0.815 bits per heavy atom. The number of hydrogen-bond acceptors (Lipinski definition) is 5. The summed E-state index contributed by atoms with van der Waals surface area (Å²) < 4.78 is 31.2. The van der Waals surface area contributed by atoms with Crippen LogP contribution in [0.25, 0.3) is 0 Å². The van der Waals surface area contributed by atoms with Gasteiger partial charge in [-0.15, -0.1) is 10.2 Å². The van der Waals surface area contributed by atoms with Crippen LogP contribution in [0.15, 0.2) is 105 Å². The van der Waals surface area contributed by atoms with Gasteiger partial charge >= 0.3 is 0 Å². The van der Waals surface area contributed by atoms with E-state index in [1.165, 1.54) is 24.3 Å². The zero-order valence-corrected chi connectivity index (χ0v) is 14.9. The lowest BCUT2D eigenvalue weighted by Gasteiger charge is -2.03. The predicted octanol–water partition coefficient (Wildman–Crippen LogP) is 4.49. The van der Waals surface area contributed by atoms with E-state index < -0.39 is 10.1 Å². The van der Waals surface area contributed by atoms with E-state index in [9.17, 15) is 8.42 Å². The van der Waals surface area contributed by atoms with E-state index in [0.29, 0.717) is 11.5 Å². The van der Waals surface area contributed by atoms with Crippen molar-refractivity contribution >= 4 is 27.3 Å². The Kier molecular flexibility index (Phi) is 5.70. The van der Waals surface area contributed by atoms with Crippen LogP contribution in [0.2, 0.25) is 0 Å². The third-order valence-corrected chi connectivity index (χ3v) is 4.36. The van der Waals surface area contributed by atoms with E-state index in [4.69, 9.17) is 4.55 Å². The molecule has 8 heteroatoms. The molecule has 3 aromatic rings. The van der Waals surface area contributed by atoms with Gasteiger partial charge in [0.15, 0.2) is 0 Å². The van der Waals surface area contributed by atoms with Gasteiger partial charge in [-0.3, -0.25) is 9.98 Å². The molecule has 0 saturated heterocycles. The Morgan fingerprint density at radius 3 is 2.00 bits per heavy atom. The molecule has 2 N–H and O–H groups in total. The Morgan fingerprint density at radius 2 is 1.41 bits per heavy atom. The second kappa shape index (κ2) is 8.35. The SMILES string of the molecule is O=S(=O)(O)c1ccc(N=N/C(=N\Nc2ccccc2)c2ccccc2)cc1. The number of rotatable bonds is 5. The molecular weight excluding hydrogens is 364 g/mol. The second-order valence-corrected chi connectivity index (χ2v) is 6.87. The van der Waals surface area contributed by atoms with Crippen molar-refractivity contribution in [3.05, 3.63) is 90.5 Å². The highest BCUT2D eigenvalue weighted by Gasteiger charge is 2.08. The normalized spacial score (nSPS) is 12.3. The van der Waals surface area contributed by atoms with Crippen LogP contribution < -0.4 is 5.43 Å². The first kappa shape index (κ1) is 18.4. The number of amidine groups is 1. The summed E-state index contributed by atoms with van der Waals surface area (Å²) in [5.74, 6) is 0.360. The number of azo groups is 1. The quantitative estimate of drug-likeness (QED) is 0.224. The van der Waals surface area contributed by atoms with Gasteiger partial charge in [-0.1, -0.05) is 48.5 Å². The molecule has 0 radical (unpaired) electrons. The maximum absolute atomic E-state index is 11.1. The number of anilines is 1. The third-order valence-electron chi connectivity index (χ3n) is 3.49. The highest BCUT2D eigenvalue weighted by atomic mass is 32.2. The maximum atomic E-state index is 11.1. The molecule has 0 aliphatic heterocycles. The van der Waals surface area contributed by atoms with Crippen molar-refractivity contribution < 1.29 is 13.0 Å². The molecule has 0 amide bonds. The average molecular weight is 380 g/mol. The number of nitrogens with zero attached hydrogens (tertiary/aromatic N) is 3. The molecule has 0 saturated carbocycles. The van der Waals surface area contributed by atoms with Gasteiger partial charge in [-0.25, -0.2) is 0 Å². The van der Waals surface area contributed by atoms with Crippen LogP contribution in [0.1, 0.15) is 5.56 Å². The molecule has 0 aromatic heterocycles. The van der Waals surface area contributed by atoms with Gasteiger partial charge in [0, 0.05) is 5.56 Å². The van der Waals surface area contributed by atoms with Crippen LogP contribution in [-0.2, 0) is 10.1 Å². The molecule has 0 spiro atoms. The van der Waals surface area contributed by atoms with E-state index in [0.717, 1.165) is 11.3 Å². The number of nitrogens with one attached hydrogen (secondary N) is 1. The minimum atomic E-state index is -4.24. The molecule has 7 nitrogen and oxygen atoms in total. The van der Waals surface area contributed by atoms with Crippen molar-refractivity contribution in [3.63, 3.8) is 0 Å². The van der Waals surface area contributed by atoms with Gasteiger partial charge in [0.05, 0.1) is 16.3 Å². The van der Waals surface area contributed by atoms with E-state index in [-0.39, 0.29) is 4.90 Å². The topological polar surface area (TPSA) is 103 Å². The van der Waals surface area contributed by atoms with Crippen molar-refractivity contribution in [3.8, 4) is 0 Å². The first-order valence-electron chi connectivity index (χ1n) is 7.96. The molecule has 0 heterocycles. The van der Waals surface area contributed by atoms with Crippen LogP contribution in [0.5, 0.6) is 0 Å². The van der Waals surface area contributed by atoms with Crippen molar-refractivity contribution in [2.24, 2.45) is 15.3 Å². The standard InChI is InChI=1S/C19H16N4O3S/c24-27(25,26)18-13-11-17(12-14-18)21-23-19(15-7-3-1-4-8-15)22-20-16-9-5-2-6-10-16/h1-14,20H,(H,24,25,26)/b22-19-,23-21?. The lowest BCUT2D eigenvalue weighted by atomic mass is 10.2. The van der Waals surface area contributed by atoms with Gasteiger partial charge in [0.25, 0.3) is 10.1 Å². The highest BCUT2D eigenvalue weighted by Crippen LogP contribution is 2.17. The van der Waals surface area contributed by atoms with Gasteiger partial charge in [0.2, 0.25) is 5.84 Å². The number of hydrazone groups is 1. The average Bonchev–Trinajstić information content (AvgIpc) is 2.69. The zero-order valence-electron chi connectivity index (χ0n) is 14.1. The van der Waals surface area contributed by atoms with Gasteiger partial charge in [-0.2, -0.15) is 13.5 Å². The van der Waals surface area contributed by atoms with Crippen LogP contribution in [-0.4, -0.2) is 18.8 Å². The summed E-state index contributed by atoms with van der Waals surface area (Å²) in [5.41, 5.74) is 4.92. The van der Waals surface area contributed by atoms with Crippen molar-refractivity contribution in [1.82, 2.24) is 0 Å². The Bertz CT molecular complexity index is 1050. The lowest BCUT2D eigenvalue weighted by molar-refractivity contribution is 0.483. The summed E-state index contributed by atoms with van der Waals surface area (Å²) >= 11 is 0. The number of para-hydroxylation sites is 1. The molecule has 3 rings (SSSR count). The molecule has 0 unspecified atom stereocenters. The monoisotopic (exact) mass is 380 g/mol. The Hall–Kier alpha value is -3.36. The largest absolute Gasteiger partial charge is 0.294 e. The molecule has 27 heavy (non-hydrogen) atoms. The van der Waals surface area contributed by atoms with Crippen LogP contribution in [0.4, 0.5) is 11.4 Å². The first-order chi connectivity index (χ1) is 13.0. The molecule has 0 bridgehead atoms. The lowest BCUT2D eigenvalue weighted by Crippen LogP contribution is -2.01. The molecular formula is C19H16N4O3S. The minimum Gasteiger partial charge on any atom is -0.282 e. The zero-order chi connectivity index (χ0) is 19.1. The van der Waals surface area contributed by atoms with E-state index >= 15 is 0 Å². The third kappa shape index (κ3) is 5.30. The van der Waals surface area contributed by atoms with E-state index in [1.807, 2.05) is 60.7 Å². The fraction of sp³-hybridized carbons (Fsp3) is 0. The van der Waals surface area contributed by atoms with Gasteiger partial charge in [0.1, 0.15) is 0 Å². The smallest absolute Gasteiger partial charge is 0.282 e. The second-order valence-electron chi connectivity index (χ2n) is 5.45. The number of hydrogen-bond donors (Lipinski definition) is 2. The predicted molar refractivity (Wildman–Crippen MR) is 104 cm³/mol. The van der Waals surface area contributed by atoms with Crippen LogP contribution in [0, 0.1) is 0 Å². The highest BCUT2D eigenvalue weighted by molar-refractivity contribution is 7.85. The van der Waals surface area contributed by atoms with E-state index in [1.54, 1.807) is 0 Å².